The minimum atomic E-state index is 0.291. The molecule has 0 aromatic carbocycles. The van der Waals surface area contributed by atoms with E-state index >= 15 is 0 Å². The number of hydrogen-bond acceptors (Lipinski definition) is 5. The number of pyridine rings is 1. The van der Waals surface area contributed by atoms with Crippen LogP contribution < -0.4 is 11.2 Å². The van der Waals surface area contributed by atoms with E-state index in [1.165, 1.54) is 0 Å². The van der Waals surface area contributed by atoms with Crippen molar-refractivity contribution in [2.24, 2.45) is 22.7 Å². The van der Waals surface area contributed by atoms with Gasteiger partial charge in [-0.2, -0.15) is 0 Å². The van der Waals surface area contributed by atoms with Crippen molar-refractivity contribution >= 4 is 50.3 Å². The van der Waals surface area contributed by atoms with Crippen molar-refractivity contribution in [3.05, 3.63) is 52.2 Å². The highest BCUT2D eigenvalue weighted by Gasteiger charge is 2.36. The van der Waals surface area contributed by atoms with E-state index in [4.69, 9.17) is 10.8 Å². The first-order valence-electron chi connectivity index (χ1n) is 10.3. The highest BCUT2D eigenvalue weighted by atomic mass is 127. The van der Waals surface area contributed by atoms with Gasteiger partial charge in [0.05, 0.1) is 6.54 Å². The van der Waals surface area contributed by atoms with Crippen LogP contribution in [0.4, 0.5) is 0 Å². The number of hydrazine groups is 1. The minimum absolute atomic E-state index is 0.291. The summed E-state index contributed by atoms with van der Waals surface area (Å²) in [6, 6.07) is 3.92. The summed E-state index contributed by atoms with van der Waals surface area (Å²) in [6.07, 6.45) is 9.66. The molecule has 9 heteroatoms. The summed E-state index contributed by atoms with van der Waals surface area (Å²) in [7, 11) is 0. The Balaban J connectivity index is 1.52. The molecule has 1 saturated carbocycles. The Morgan fingerprint density at radius 3 is 2.73 bits per heavy atom. The van der Waals surface area contributed by atoms with E-state index in [2.05, 4.69) is 54.9 Å². The average molecular weight is 585 g/mol. The second-order valence-corrected chi connectivity index (χ2v) is 9.61. The van der Waals surface area contributed by atoms with Crippen molar-refractivity contribution < 1.29 is 4.79 Å². The lowest BCUT2D eigenvalue weighted by Gasteiger charge is -2.37. The predicted octanol–water partition coefficient (Wildman–Crippen LogP) is 3.29. The number of allylic oxidation sites excluding steroid dienone is 2. The summed E-state index contributed by atoms with van der Waals surface area (Å²) in [5.74, 6) is 8.93. The third-order valence-electron chi connectivity index (χ3n) is 5.73. The second-order valence-electron chi connectivity index (χ2n) is 7.89. The molecule has 2 fully saturated rings. The fraction of sp³-hybridized carbons (Fsp3) is 0.476. The Morgan fingerprint density at radius 2 is 2.10 bits per heavy atom. The Bertz CT molecular complexity index is 875. The number of rotatable bonds is 5. The van der Waals surface area contributed by atoms with Crippen LogP contribution in [0.5, 0.6) is 0 Å². The van der Waals surface area contributed by atoms with Crippen molar-refractivity contribution in [2.45, 2.75) is 32.2 Å². The maximum absolute atomic E-state index is 12.4. The summed E-state index contributed by atoms with van der Waals surface area (Å²) >= 11 is 5.96. The molecule has 3 aliphatic rings. The van der Waals surface area contributed by atoms with Crippen molar-refractivity contribution in [1.29, 1.82) is 0 Å². The molecule has 0 radical (unpaired) electrons. The lowest BCUT2D eigenvalue weighted by molar-refractivity contribution is -0.133. The van der Waals surface area contributed by atoms with Gasteiger partial charge < -0.3 is 10.2 Å². The molecule has 1 saturated heterocycles. The van der Waals surface area contributed by atoms with Crippen LogP contribution in [0.3, 0.4) is 0 Å². The average Bonchev–Trinajstić information content (AvgIpc) is 3.64. The van der Waals surface area contributed by atoms with Crippen molar-refractivity contribution in [2.75, 3.05) is 17.5 Å². The first-order valence-corrected chi connectivity index (χ1v) is 12.6. The number of amides is 1. The SMILES string of the molecule is NN1C(=NCc2cccnc2)C=C(C2CCN(C(=O)C3CC3)CC2)N/C1=C(\Br)CI. The van der Waals surface area contributed by atoms with E-state index in [0.29, 0.717) is 24.3 Å². The highest BCUT2D eigenvalue weighted by Crippen LogP contribution is 2.34. The monoisotopic (exact) mass is 584 g/mol. The Kier molecular flexibility index (Phi) is 7.09. The molecule has 0 atom stereocenters. The van der Waals surface area contributed by atoms with Crippen LogP contribution in [0, 0.1) is 11.8 Å². The number of nitrogens with one attached hydrogen (secondary N) is 1. The van der Waals surface area contributed by atoms with Crippen LogP contribution in [0.1, 0.15) is 31.2 Å². The zero-order valence-electron chi connectivity index (χ0n) is 16.7. The number of carbonyl (C=O) groups excluding carboxylic acids is 1. The van der Waals surface area contributed by atoms with Gasteiger partial charge in [0, 0.05) is 58.0 Å². The molecule has 1 aliphatic carbocycles. The summed E-state index contributed by atoms with van der Waals surface area (Å²) in [5, 5.41) is 5.13. The van der Waals surface area contributed by atoms with Gasteiger partial charge in [-0.25, -0.2) is 10.9 Å². The van der Waals surface area contributed by atoms with Crippen LogP contribution in [-0.4, -0.2) is 44.2 Å². The standard InChI is InChI=1S/C21H26BrIN6O/c22-17(11-23)20-27-18(15-5-8-28(9-6-15)21(30)16-3-4-16)10-19(29(20)24)26-13-14-2-1-7-25-12-14/h1-2,7,10,12,15-16,27H,3-6,8-9,11,13,24H2/b20-17+,26-19?. The number of carbonyl (C=O) groups is 1. The van der Waals surface area contributed by atoms with Crippen molar-refractivity contribution in [3.8, 4) is 0 Å². The van der Waals surface area contributed by atoms with Gasteiger partial charge in [0.1, 0.15) is 11.7 Å². The van der Waals surface area contributed by atoms with Crippen LogP contribution in [-0.2, 0) is 11.3 Å². The lowest BCUT2D eigenvalue weighted by atomic mass is 9.92. The number of aliphatic imine (C=N–C) groups is 1. The van der Waals surface area contributed by atoms with Crippen LogP contribution >= 0.6 is 38.5 Å². The Morgan fingerprint density at radius 1 is 1.33 bits per heavy atom. The molecular weight excluding hydrogens is 559 g/mol. The molecule has 30 heavy (non-hydrogen) atoms. The second kappa shape index (κ2) is 9.78. The van der Waals surface area contributed by atoms with Gasteiger partial charge in [0.15, 0.2) is 0 Å². The van der Waals surface area contributed by atoms with E-state index in [1.807, 2.05) is 23.2 Å². The molecule has 0 unspecified atom stereocenters. The Labute approximate surface area is 199 Å². The number of likely N-dealkylation sites (tertiary alicyclic amines) is 1. The molecule has 3 N–H and O–H groups in total. The molecule has 7 nitrogen and oxygen atoms in total. The van der Waals surface area contributed by atoms with Gasteiger partial charge in [-0.15, -0.1) is 0 Å². The molecule has 160 valence electrons. The first-order chi connectivity index (χ1) is 14.6. The summed E-state index contributed by atoms with van der Waals surface area (Å²) in [4.78, 5) is 23.3. The van der Waals surface area contributed by atoms with Gasteiger partial charge in [-0.3, -0.25) is 14.8 Å². The van der Waals surface area contributed by atoms with Gasteiger partial charge in [-0.05, 0) is 37.3 Å². The molecule has 1 aromatic heterocycles. The fourth-order valence-corrected chi connectivity index (χ4v) is 4.47. The number of amidine groups is 1. The van der Waals surface area contributed by atoms with Gasteiger partial charge >= 0.3 is 0 Å². The normalized spacial score (nSPS) is 23.3. The number of halogens is 2. The van der Waals surface area contributed by atoms with Gasteiger partial charge in [-0.1, -0.05) is 44.6 Å². The molecule has 0 spiro atoms. The van der Waals surface area contributed by atoms with Crippen molar-refractivity contribution in [1.82, 2.24) is 20.2 Å². The van der Waals surface area contributed by atoms with E-state index in [0.717, 1.165) is 70.6 Å². The molecular formula is C21H26BrIN6O. The maximum Gasteiger partial charge on any atom is 0.225 e. The quantitative estimate of drug-likeness (QED) is 0.315. The molecule has 1 amide bonds. The van der Waals surface area contributed by atoms with Gasteiger partial charge in [0.2, 0.25) is 5.91 Å². The molecule has 3 heterocycles. The molecule has 0 bridgehead atoms. The lowest BCUT2D eigenvalue weighted by Crippen LogP contribution is -2.48. The van der Waals surface area contributed by atoms with Crippen LogP contribution in [0.25, 0.3) is 0 Å². The molecule has 2 aliphatic heterocycles. The fourth-order valence-electron chi connectivity index (χ4n) is 3.82. The van der Waals surface area contributed by atoms with E-state index < -0.39 is 0 Å². The molecule has 1 aromatic rings. The van der Waals surface area contributed by atoms with Crippen LogP contribution in [0.15, 0.2) is 51.6 Å². The number of nitrogens with two attached hydrogens (primary N) is 1. The topological polar surface area (TPSA) is 86.8 Å². The van der Waals surface area contributed by atoms with Crippen molar-refractivity contribution in [3.63, 3.8) is 0 Å². The van der Waals surface area contributed by atoms with E-state index in [1.54, 1.807) is 11.2 Å². The minimum Gasteiger partial charge on any atom is -0.343 e. The smallest absolute Gasteiger partial charge is 0.225 e. The highest BCUT2D eigenvalue weighted by molar-refractivity contribution is 14.1. The van der Waals surface area contributed by atoms with Gasteiger partial charge in [0.25, 0.3) is 0 Å². The zero-order valence-corrected chi connectivity index (χ0v) is 20.5. The predicted molar refractivity (Wildman–Crippen MR) is 129 cm³/mol. The number of hydrogen-bond donors (Lipinski definition) is 2. The summed E-state index contributed by atoms with van der Waals surface area (Å²) in [6.45, 7) is 2.16. The van der Waals surface area contributed by atoms with Crippen LogP contribution in [0.2, 0.25) is 0 Å². The number of alkyl halides is 1. The Hall–Kier alpha value is -1.46. The third-order valence-corrected chi connectivity index (χ3v) is 8.20. The summed E-state index contributed by atoms with van der Waals surface area (Å²) in [5.41, 5.74) is 2.16. The number of nitrogens with zero attached hydrogens (tertiary/aromatic N) is 4. The zero-order chi connectivity index (χ0) is 21.1. The summed E-state index contributed by atoms with van der Waals surface area (Å²) < 4.78 is 1.79. The molecule has 4 rings (SSSR count). The first kappa shape index (κ1) is 21.8. The maximum atomic E-state index is 12.4. The number of piperidine rings is 1. The third kappa shape index (κ3) is 5.05. The number of aromatic nitrogens is 1. The van der Waals surface area contributed by atoms with E-state index in [9.17, 15) is 4.79 Å². The largest absolute Gasteiger partial charge is 0.343 e. The van der Waals surface area contributed by atoms with E-state index in [-0.39, 0.29) is 0 Å².